The van der Waals surface area contributed by atoms with Crippen LogP contribution in [0.4, 0.5) is 4.39 Å². The molecule has 7 aromatic carbocycles. The summed E-state index contributed by atoms with van der Waals surface area (Å²) in [6, 6.07) is 60.4. The number of rotatable bonds is 6. The van der Waals surface area contributed by atoms with Crippen LogP contribution in [0.25, 0.3) is 72.2 Å². The van der Waals surface area contributed by atoms with Gasteiger partial charge in [-0.2, -0.15) is 0 Å². The molecule has 0 aliphatic heterocycles. The van der Waals surface area contributed by atoms with Gasteiger partial charge in [0.05, 0.1) is 5.52 Å². The van der Waals surface area contributed by atoms with Crippen molar-refractivity contribution in [3.63, 3.8) is 0 Å². The maximum atomic E-state index is 13.9. The first kappa shape index (κ1) is 27.6. The molecule has 0 radical (unpaired) electrons. The molecule has 8 rings (SSSR count). The van der Waals surface area contributed by atoms with Crippen LogP contribution < -0.4 is 0 Å². The van der Waals surface area contributed by atoms with Crippen molar-refractivity contribution in [2.24, 2.45) is 0 Å². The molecule has 0 saturated carbocycles. The number of hydrogen-bond donors (Lipinski definition) is 0. The molecule has 0 bridgehead atoms. The summed E-state index contributed by atoms with van der Waals surface area (Å²) < 4.78 is 16.2. The molecule has 218 valence electrons. The second-order valence-corrected chi connectivity index (χ2v) is 11.6. The molecule has 46 heavy (non-hydrogen) atoms. The fourth-order valence-electron chi connectivity index (χ4n) is 6.29. The van der Waals surface area contributed by atoms with E-state index in [0.717, 1.165) is 27.9 Å². The Morgan fingerprint density at radius 2 is 0.783 bits per heavy atom. The maximum absolute atomic E-state index is 13.9. The highest BCUT2D eigenvalue weighted by Gasteiger charge is 2.14. The molecular weight excluding hydrogens is 561 g/mol. The van der Waals surface area contributed by atoms with Gasteiger partial charge in [0.2, 0.25) is 0 Å². The number of hydrogen-bond acceptors (Lipinski definition) is 0. The van der Waals surface area contributed by atoms with Crippen LogP contribution in [-0.4, -0.2) is 4.57 Å². The third-order valence-corrected chi connectivity index (χ3v) is 8.74. The molecule has 0 amide bonds. The van der Waals surface area contributed by atoms with Crippen molar-refractivity contribution in [3.8, 4) is 61.3 Å². The topological polar surface area (TPSA) is 4.93 Å². The Hall–Kier alpha value is -5.99. The van der Waals surface area contributed by atoms with Gasteiger partial charge < -0.3 is 4.57 Å². The van der Waals surface area contributed by atoms with Gasteiger partial charge in [-0.05, 0) is 86.5 Å². The average Bonchev–Trinajstić information content (AvgIpc) is 3.51. The van der Waals surface area contributed by atoms with Crippen molar-refractivity contribution in [1.82, 2.24) is 4.57 Å². The van der Waals surface area contributed by atoms with E-state index in [-0.39, 0.29) is 5.82 Å². The van der Waals surface area contributed by atoms with Gasteiger partial charge in [-0.15, -0.1) is 0 Å². The lowest BCUT2D eigenvalue weighted by atomic mass is 9.97. The maximum Gasteiger partial charge on any atom is 0.123 e. The summed E-state index contributed by atoms with van der Waals surface area (Å²) in [5.74, 6) is -0.230. The van der Waals surface area contributed by atoms with Gasteiger partial charge in [-0.1, -0.05) is 140 Å². The van der Waals surface area contributed by atoms with Crippen molar-refractivity contribution in [3.05, 3.63) is 188 Å². The van der Waals surface area contributed by atoms with Gasteiger partial charge in [-0.25, -0.2) is 4.39 Å². The minimum atomic E-state index is -0.230. The molecule has 0 fully saturated rings. The van der Waals surface area contributed by atoms with Crippen LogP contribution in [0.15, 0.2) is 182 Å². The predicted octanol–water partition coefficient (Wildman–Crippen LogP) is 12.1. The fourth-order valence-corrected chi connectivity index (χ4v) is 6.29. The van der Waals surface area contributed by atoms with Crippen LogP contribution >= 0.6 is 0 Å². The predicted molar refractivity (Wildman–Crippen MR) is 190 cm³/mol. The van der Waals surface area contributed by atoms with Gasteiger partial charge in [0.1, 0.15) is 5.82 Å². The first-order valence-electron chi connectivity index (χ1n) is 15.5. The summed E-state index contributed by atoms with van der Waals surface area (Å²) >= 11 is 0. The largest absolute Gasteiger partial charge is 0.316 e. The highest BCUT2D eigenvalue weighted by molar-refractivity contribution is 6.00. The highest BCUT2D eigenvalue weighted by atomic mass is 19.1. The first-order chi connectivity index (χ1) is 22.7. The summed E-state index contributed by atoms with van der Waals surface area (Å²) in [5.41, 5.74) is 13.5. The van der Waals surface area contributed by atoms with Crippen LogP contribution in [0.5, 0.6) is 0 Å². The fraction of sp³-hybridized carbons (Fsp3) is 0. The van der Waals surface area contributed by atoms with E-state index in [9.17, 15) is 4.39 Å². The van der Waals surface area contributed by atoms with Crippen LogP contribution in [0.3, 0.4) is 0 Å². The Bertz CT molecular complexity index is 2260. The summed E-state index contributed by atoms with van der Waals surface area (Å²) in [7, 11) is 0. The number of benzene rings is 7. The highest BCUT2D eigenvalue weighted by Crippen LogP contribution is 2.37. The smallest absolute Gasteiger partial charge is 0.123 e. The molecule has 0 saturated heterocycles. The molecule has 1 aromatic heterocycles. The van der Waals surface area contributed by atoms with Gasteiger partial charge >= 0.3 is 0 Å². The van der Waals surface area contributed by atoms with Crippen LogP contribution in [0.1, 0.15) is 0 Å². The Balaban J connectivity index is 1.22. The van der Waals surface area contributed by atoms with E-state index in [4.69, 9.17) is 0 Å². The second kappa shape index (κ2) is 11.8. The normalized spacial score (nSPS) is 11.2. The van der Waals surface area contributed by atoms with Gasteiger partial charge in [0.15, 0.2) is 0 Å². The van der Waals surface area contributed by atoms with Gasteiger partial charge in [-0.3, -0.25) is 0 Å². The van der Waals surface area contributed by atoms with Crippen molar-refractivity contribution in [1.29, 1.82) is 0 Å². The lowest BCUT2D eigenvalue weighted by Gasteiger charge is -2.09. The molecule has 8 aromatic rings. The van der Waals surface area contributed by atoms with E-state index in [0.29, 0.717) is 0 Å². The zero-order valence-electron chi connectivity index (χ0n) is 25.1. The second-order valence-electron chi connectivity index (χ2n) is 11.6. The molecular formula is C44H30FN. The minimum absolute atomic E-state index is 0.230. The molecule has 0 atom stereocenters. The summed E-state index contributed by atoms with van der Waals surface area (Å²) in [6.45, 7) is 0. The van der Waals surface area contributed by atoms with Crippen LogP contribution in [-0.2, 0) is 0 Å². The van der Waals surface area contributed by atoms with E-state index in [2.05, 4.69) is 150 Å². The van der Waals surface area contributed by atoms with E-state index in [1.807, 2.05) is 18.2 Å². The number of halogens is 1. The summed E-state index contributed by atoms with van der Waals surface area (Å²) in [6.07, 6.45) is 2.24. The Morgan fingerprint density at radius 3 is 1.35 bits per heavy atom. The van der Waals surface area contributed by atoms with Crippen molar-refractivity contribution in [2.75, 3.05) is 0 Å². The number of aromatic nitrogens is 1. The number of fused-ring (bicyclic) bond motifs is 1. The van der Waals surface area contributed by atoms with E-state index < -0.39 is 0 Å². The first-order valence-corrected chi connectivity index (χ1v) is 15.5. The van der Waals surface area contributed by atoms with E-state index in [1.54, 1.807) is 12.1 Å². The van der Waals surface area contributed by atoms with Crippen LogP contribution in [0.2, 0.25) is 0 Å². The Morgan fingerprint density at radius 1 is 0.348 bits per heavy atom. The standard InChI is InChI=1S/C44H30FN/c45-40-13-7-12-38(28-40)36-22-25-41(26-23-36)46-30-43(37-20-18-34(19-21-37)32-10-5-2-6-11-32)42-29-39(24-27-44(42)46)35-16-14-33(15-17-35)31-8-3-1-4-9-31/h1-30H. The van der Waals surface area contributed by atoms with Crippen molar-refractivity contribution < 1.29 is 4.39 Å². The molecule has 0 unspecified atom stereocenters. The lowest BCUT2D eigenvalue weighted by Crippen LogP contribution is -1.92. The summed E-state index contributed by atoms with van der Waals surface area (Å²) in [5, 5.41) is 1.19. The third kappa shape index (κ3) is 5.31. The third-order valence-electron chi connectivity index (χ3n) is 8.74. The van der Waals surface area contributed by atoms with Crippen LogP contribution in [0, 0.1) is 5.82 Å². The van der Waals surface area contributed by atoms with Crippen molar-refractivity contribution in [2.45, 2.75) is 0 Å². The zero-order valence-corrected chi connectivity index (χ0v) is 25.1. The monoisotopic (exact) mass is 591 g/mol. The van der Waals surface area contributed by atoms with E-state index in [1.165, 1.54) is 50.4 Å². The molecule has 0 N–H and O–H groups in total. The quantitative estimate of drug-likeness (QED) is 0.181. The summed E-state index contributed by atoms with van der Waals surface area (Å²) in [4.78, 5) is 0. The van der Waals surface area contributed by atoms with Gasteiger partial charge in [0, 0.05) is 22.8 Å². The molecule has 1 nitrogen and oxygen atoms in total. The Labute approximate surface area is 268 Å². The molecule has 0 aliphatic rings. The van der Waals surface area contributed by atoms with Gasteiger partial charge in [0.25, 0.3) is 0 Å². The van der Waals surface area contributed by atoms with E-state index >= 15 is 0 Å². The SMILES string of the molecule is Fc1cccc(-c2ccc(-n3cc(-c4ccc(-c5ccccc5)cc4)c4cc(-c5ccc(-c6ccccc6)cc5)ccc43)cc2)c1. The lowest BCUT2D eigenvalue weighted by molar-refractivity contribution is 0.628. The molecule has 1 heterocycles. The number of nitrogens with zero attached hydrogens (tertiary/aromatic N) is 1. The minimum Gasteiger partial charge on any atom is -0.316 e. The van der Waals surface area contributed by atoms with Crippen molar-refractivity contribution >= 4 is 10.9 Å². The Kier molecular flexibility index (Phi) is 7.09. The molecule has 0 aliphatic carbocycles. The molecule has 0 spiro atoms. The molecule has 2 heteroatoms. The zero-order chi connectivity index (χ0) is 30.9. The average molecular weight is 592 g/mol.